The molecule has 2 rings (SSSR count). The van der Waals surface area contributed by atoms with Gasteiger partial charge >= 0.3 is 0 Å². The summed E-state index contributed by atoms with van der Waals surface area (Å²) >= 11 is 0. The quantitative estimate of drug-likeness (QED) is 0.797. The largest absolute Gasteiger partial charge is 0.384 e. The molecule has 0 radical (unpaired) electrons. The minimum absolute atomic E-state index is 0.0671. The third-order valence-corrected chi connectivity index (χ3v) is 3.71. The maximum atomic E-state index is 10.5. The van der Waals surface area contributed by atoms with Crippen molar-refractivity contribution in [1.29, 1.82) is 0 Å². The molecule has 1 aliphatic carbocycles. The smallest absolute Gasteiger partial charge is 0.115 e. The van der Waals surface area contributed by atoms with Crippen molar-refractivity contribution in [3.63, 3.8) is 0 Å². The van der Waals surface area contributed by atoms with E-state index >= 15 is 0 Å². The van der Waals surface area contributed by atoms with Crippen LogP contribution in [0.3, 0.4) is 0 Å². The molecule has 1 aliphatic rings. The van der Waals surface area contributed by atoms with Gasteiger partial charge in [-0.1, -0.05) is 19.4 Å². The van der Waals surface area contributed by atoms with E-state index in [0.717, 1.165) is 24.0 Å². The standard InChI is InChI=1S/C14H20N2O/c1-10-5-4-6-14(2,3)12(10)13(17)11-7-15-9-16-8-11/h7-9,13,17H,4-6H2,1-3H3. The van der Waals surface area contributed by atoms with Gasteiger partial charge < -0.3 is 5.11 Å². The van der Waals surface area contributed by atoms with Crippen LogP contribution in [0.4, 0.5) is 0 Å². The van der Waals surface area contributed by atoms with Gasteiger partial charge in [-0.15, -0.1) is 0 Å². The van der Waals surface area contributed by atoms with Gasteiger partial charge in [0.1, 0.15) is 12.4 Å². The van der Waals surface area contributed by atoms with Crippen molar-refractivity contribution in [3.8, 4) is 0 Å². The molecule has 0 aromatic carbocycles. The van der Waals surface area contributed by atoms with Crippen molar-refractivity contribution in [2.75, 3.05) is 0 Å². The van der Waals surface area contributed by atoms with E-state index in [9.17, 15) is 5.11 Å². The zero-order chi connectivity index (χ0) is 12.5. The van der Waals surface area contributed by atoms with Crippen molar-refractivity contribution >= 4 is 0 Å². The summed E-state index contributed by atoms with van der Waals surface area (Å²) in [6.07, 6.45) is 7.75. The average molecular weight is 232 g/mol. The van der Waals surface area contributed by atoms with Crippen molar-refractivity contribution in [3.05, 3.63) is 35.4 Å². The van der Waals surface area contributed by atoms with Crippen molar-refractivity contribution in [2.45, 2.75) is 46.1 Å². The number of aliphatic hydroxyl groups is 1. The molecule has 0 aliphatic heterocycles. The minimum atomic E-state index is -0.563. The lowest BCUT2D eigenvalue weighted by Crippen LogP contribution is -2.25. The van der Waals surface area contributed by atoms with Gasteiger partial charge in [-0.2, -0.15) is 0 Å². The van der Waals surface area contributed by atoms with Gasteiger partial charge in [0.05, 0.1) is 0 Å². The SMILES string of the molecule is CC1=C(C(O)c2cncnc2)C(C)(C)CCC1. The van der Waals surface area contributed by atoms with Crippen LogP contribution < -0.4 is 0 Å². The Morgan fingerprint density at radius 1 is 1.29 bits per heavy atom. The maximum Gasteiger partial charge on any atom is 0.115 e. The normalized spacial score (nSPS) is 21.4. The Hall–Kier alpha value is -1.22. The van der Waals surface area contributed by atoms with Crippen LogP contribution in [0.25, 0.3) is 0 Å². The third kappa shape index (κ3) is 2.39. The van der Waals surface area contributed by atoms with E-state index in [1.165, 1.54) is 18.3 Å². The Kier molecular flexibility index (Phi) is 3.29. The topological polar surface area (TPSA) is 46.0 Å². The fraction of sp³-hybridized carbons (Fsp3) is 0.571. The van der Waals surface area contributed by atoms with Crippen LogP contribution in [-0.4, -0.2) is 15.1 Å². The number of hydrogen-bond donors (Lipinski definition) is 1. The zero-order valence-electron chi connectivity index (χ0n) is 10.8. The predicted octanol–water partition coefficient (Wildman–Crippen LogP) is 3.04. The summed E-state index contributed by atoms with van der Waals surface area (Å²) in [5.41, 5.74) is 3.32. The molecule has 0 saturated carbocycles. The van der Waals surface area contributed by atoms with Gasteiger partial charge in [0.2, 0.25) is 0 Å². The summed E-state index contributed by atoms with van der Waals surface area (Å²) in [7, 11) is 0. The molecule has 0 saturated heterocycles. The van der Waals surface area contributed by atoms with Crippen LogP contribution in [-0.2, 0) is 0 Å². The molecule has 1 heterocycles. The third-order valence-electron chi connectivity index (χ3n) is 3.71. The lowest BCUT2D eigenvalue weighted by molar-refractivity contribution is 0.170. The molecule has 92 valence electrons. The van der Waals surface area contributed by atoms with E-state index in [1.54, 1.807) is 12.4 Å². The molecular formula is C14H20N2O. The van der Waals surface area contributed by atoms with E-state index < -0.39 is 6.10 Å². The Morgan fingerprint density at radius 3 is 2.53 bits per heavy atom. The first-order valence-corrected chi connectivity index (χ1v) is 6.15. The second-order valence-electron chi connectivity index (χ2n) is 5.51. The van der Waals surface area contributed by atoms with Crippen molar-refractivity contribution < 1.29 is 5.11 Å². The monoisotopic (exact) mass is 232 g/mol. The second-order valence-corrected chi connectivity index (χ2v) is 5.51. The summed E-state index contributed by atoms with van der Waals surface area (Å²) < 4.78 is 0. The van der Waals surface area contributed by atoms with Crippen LogP contribution in [0.5, 0.6) is 0 Å². The van der Waals surface area contributed by atoms with Gasteiger partial charge in [0.15, 0.2) is 0 Å². The van der Waals surface area contributed by atoms with Crippen LogP contribution >= 0.6 is 0 Å². The predicted molar refractivity (Wildman–Crippen MR) is 67.3 cm³/mol. The van der Waals surface area contributed by atoms with Gasteiger partial charge in [-0.05, 0) is 37.2 Å². The Labute approximate surface area is 103 Å². The second kappa shape index (κ2) is 4.57. The first-order chi connectivity index (χ1) is 8.02. The summed E-state index contributed by atoms with van der Waals surface area (Å²) in [5.74, 6) is 0. The molecule has 0 bridgehead atoms. The highest BCUT2D eigenvalue weighted by Crippen LogP contribution is 2.45. The van der Waals surface area contributed by atoms with Crippen LogP contribution in [0.1, 0.15) is 51.7 Å². The van der Waals surface area contributed by atoms with Gasteiger partial charge in [-0.25, -0.2) is 9.97 Å². The molecule has 3 heteroatoms. The van der Waals surface area contributed by atoms with Gasteiger partial charge in [0.25, 0.3) is 0 Å². The highest BCUT2D eigenvalue weighted by Gasteiger charge is 2.33. The number of nitrogens with zero attached hydrogens (tertiary/aromatic N) is 2. The number of aromatic nitrogens is 2. The van der Waals surface area contributed by atoms with E-state index in [1.807, 2.05) is 0 Å². The highest BCUT2D eigenvalue weighted by molar-refractivity contribution is 5.31. The maximum absolute atomic E-state index is 10.5. The van der Waals surface area contributed by atoms with E-state index in [0.29, 0.717) is 0 Å². The summed E-state index contributed by atoms with van der Waals surface area (Å²) in [4.78, 5) is 7.96. The van der Waals surface area contributed by atoms with Gasteiger partial charge in [0, 0.05) is 18.0 Å². The molecule has 1 unspecified atom stereocenters. The summed E-state index contributed by atoms with van der Waals surface area (Å²) in [6, 6.07) is 0. The molecule has 3 nitrogen and oxygen atoms in total. The lowest BCUT2D eigenvalue weighted by atomic mass is 9.70. The van der Waals surface area contributed by atoms with Crippen molar-refractivity contribution in [2.24, 2.45) is 5.41 Å². The fourth-order valence-electron chi connectivity index (χ4n) is 2.86. The summed E-state index contributed by atoms with van der Waals surface area (Å²) in [6.45, 7) is 6.54. The molecule has 1 aromatic rings. The lowest BCUT2D eigenvalue weighted by Gasteiger charge is -2.37. The number of rotatable bonds is 2. The fourth-order valence-corrected chi connectivity index (χ4v) is 2.86. The highest BCUT2D eigenvalue weighted by atomic mass is 16.3. The Balaban J connectivity index is 2.38. The molecule has 0 fully saturated rings. The first-order valence-electron chi connectivity index (χ1n) is 6.15. The van der Waals surface area contributed by atoms with Crippen LogP contribution in [0.15, 0.2) is 29.9 Å². The number of hydrogen-bond acceptors (Lipinski definition) is 3. The minimum Gasteiger partial charge on any atom is -0.384 e. The average Bonchev–Trinajstić information content (AvgIpc) is 2.28. The Morgan fingerprint density at radius 2 is 1.94 bits per heavy atom. The molecular weight excluding hydrogens is 212 g/mol. The van der Waals surface area contributed by atoms with Crippen LogP contribution in [0.2, 0.25) is 0 Å². The molecule has 1 atom stereocenters. The molecule has 1 aromatic heterocycles. The summed E-state index contributed by atoms with van der Waals surface area (Å²) in [5, 5.41) is 10.5. The Bertz CT molecular complexity index is 423. The van der Waals surface area contributed by atoms with E-state index in [4.69, 9.17) is 0 Å². The number of allylic oxidation sites excluding steroid dienone is 1. The molecule has 0 spiro atoms. The van der Waals surface area contributed by atoms with Gasteiger partial charge in [-0.3, -0.25) is 0 Å². The van der Waals surface area contributed by atoms with E-state index in [-0.39, 0.29) is 5.41 Å². The van der Waals surface area contributed by atoms with Crippen molar-refractivity contribution in [1.82, 2.24) is 9.97 Å². The molecule has 1 N–H and O–H groups in total. The first kappa shape index (κ1) is 12.2. The zero-order valence-corrected chi connectivity index (χ0v) is 10.8. The van der Waals surface area contributed by atoms with E-state index in [2.05, 4.69) is 30.7 Å². The van der Waals surface area contributed by atoms with Crippen LogP contribution in [0, 0.1) is 5.41 Å². The molecule has 0 amide bonds. The number of aliphatic hydroxyl groups excluding tert-OH is 1. The molecule has 17 heavy (non-hydrogen) atoms.